The van der Waals surface area contributed by atoms with Crippen molar-refractivity contribution in [2.45, 2.75) is 5.41 Å². The zero-order chi connectivity index (χ0) is 34.2. The standard InChI is InChI=1S/C49H31NO2/c1-3-13-32(14-4-1)33-23-25-35(26-24-33)50(34-15-5-2-6-16-34)36-27-28-38-40-30-44-39(31-48(40)52-47(38)29-36)37-17-7-8-18-41(37)49(44)42-19-9-11-21-45(42)51-46-22-12-10-20-43(46)49/h1-31H. The van der Waals surface area contributed by atoms with Gasteiger partial charge in [-0.05, 0) is 94.0 Å². The van der Waals surface area contributed by atoms with E-state index in [9.17, 15) is 0 Å². The summed E-state index contributed by atoms with van der Waals surface area (Å²) in [5.41, 5.74) is 14.0. The number of nitrogens with zero attached hydrogens (tertiary/aromatic N) is 1. The number of hydrogen-bond donors (Lipinski definition) is 0. The largest absolute Gasteiger partial charge is 0.457 e. The van der Waals surface area contributed by atoms with Crippen LogP contribution in [0.5, 0.6) is 11.5 Å². The third-order valence-corrected chi connectivity index (χ3v) is 10.9. The fourth-order valence-electron chi connectivity index (χ4n) is 8.71. The number of hydrogen-bond acceptors (Lipinski definition) is 3. The van der Waals surface area contributed by atoms with Gasteiger partial charge < -0.3 is 14.1 Å². The Bertz CT molecular complexity index is 2770. The quantitative estimate of drug-likeness (QED) is 0.187. The second-order valence-corrected chi connectivity index (χ2v) is 13.7. The summed E-state index contributed by atoms with van der Waals surface area (Å²) in [6.45, 7) is 0. The Morgan fingerprint density at radius 3 is 1.65 bits per heavy atom. The molecule has 0 radical (unpaired) electrons. The van der Waals surface area contributed by atoms with E-state index in [1.807, 2.05) is 0 Å². The minimum absolute atomic E-state index is 0.523. The van der Waals surface area contributed by atoms with Crippen molar-refractivity contribution in [3.05, 3.63) is 210 Å². The molecule has 1 aliphatic carbocycles. The Balaban J connectivity index is 1.11. The highest BCUT2D eigenvalue weighted by Crippen LogP contribution is 2.62. The fourth-order valence-corrected chi connectivity index (χ4v) is 8.71. The van der Waals surface area contributed by atoms with Gasteiger partial charge in [0.15, 0.2) is 0 Å². The molecule has 0 saturated carbocycles. The fraction of sp³-hybridized carbons (Fsp3) is 0.0204. The lowest BCUT2D eigenvalue weighted by Gasteiger charge is -2.39. The molecule has 52 heavy (non-hydrogen) atoms. The minimum Gasteiger partial charge on any atom is -0.457 e. The molecule has 2 heterocycles. The molecule has 244 valence electrons. The summed E-state index contributed by atoms with van der Waals surface area (Å²) in [4.78, 5) is 2.29. The number of benzene rings is 8. The van der Waals surface area contributed by atoms with Gasteiger partial charge in [-0.3, -0.25) is 0 Å². The molecule has 1 spiro atoms. The van der Waals surface area contributed by atoms with Crippen molar-refractivity contribution in [3.63, 3.8) is 0 Å². The third kappa shape index (κ3) is 4.08. The van der Waals surface area contributed by atoms with Crippen molar-refractivity contribution in [3.8, 4) is 33.8 Å². The molecule has 0 unspecified atom stereocenters. The summed E-state index contributed by atoms with van der Waals surface area (Å²) < 4.78 is 13.3. The number of rotatable bonds is 4. The van der Waals surface area contributed by atoms with E-state index in [1.165, 1.54) is 33.4 Å². The summed E-state index contributed by atoms with van der Waals surface area (Å²) in [6, 6.07) is 66.9. The molecular formula is C49H31NO2. The van der Waals surface area contributed by atoms with E-state index in [4.69, 9.17) is 9.15 Å². The first kappa shape index (κ1) is 28.9. The molecule has 1 aliphatic heterocycles. The summed E-state index contributed by atoms with van der Waals surface area (Å²) in [7, 11) is 0. The van der Waals surface area contributed by atoms with Crippen LogP contribution in [0.4, 0.5) is 17.1 Å². The van der Waals surface area contributed by atoms with Gasteiger partial charge in [0.1, 0.15) is 22.7 Å². The lowest BCUT2D eigenvalue weighted by Crippen LogP contribution is -2.32. The van der Waals surface area contributed by atoms with Gasteiger partial charge in [0, 0.05) is 45.0 Å². The number of anilines is 3. The maximum absolute atomic E-state index is 6.80. The Hall–Kier alpha value is -6.84. The van der Waals surface area contributed by atoms with Crippen molar-refractivity contribution in [1.82, 2.24) is 0 Å². The first-order valence-corrected chi connectivity index (χ1v) is 17.8. The average molecular weight is 666 g/mol. The minimum atomic E-state index is -0.523. The van der Waals surface area contributed by atoms with Crippen molar-refractivity contribution >= 4 is 39.0 Å². The van der Waals surface area contributed by atoms with Gasteiger partial charge in [-0.1, -0.05) is 121 Å². The van der Waals surface area contributed by atoms with Gasteiger partial charge in [0.2, 0.25) is 0 Å². The lowest BCUT2D eigenvalue weighted by molar-refractivity contribution is 0.436. The highest BCUT2D eigenvalue weighted by Gasteiger charge is 2.51. The van der Waals surface area contributed by atoms with E-state index >= 15 is 0 Å². The monoisotopic (exact) mass is 665 g/mol. The molecule has 11 rings (SSSR count). The van der Waals surface area contributed by atoms with Crippen molar-refractivity contribution < 1.29 is 9.15 Å². The molecule has 3 nitrogen and oxygen atoms in total. The molecule has 1 aromatic heterocycles. The SMILES string of the molecule is c1ccc(-c2ccc(N(c3ccccc3)c3ccc4c(c3)oc3cc5c(cc34)C3(c4ccccc4Oc4ccccc43)c3ccccc3-5)cc2)cc1. The molecule has 0 fully saturated rings. The Labute approximate surface area is 301 Å². The van der Waals surface area contributed by atoms with E-state index in [0.717, 1.165) is 61.6 Å². The Morgan fingerprint density at radius 1 is 0.365 bits per heavy atom. The van der Waals surface area contributed by atoms with Crippen LogP contribution in [0, 0.1) is 0 Å². The number of para-hydroxylation sites is 3. The van der Waals surface area contributed by atoms with E-state index in [0.29, 0.717) is 0 Å². The number of fused-ring (bicyclic) bond motifs is 12. The van der Waals surface area contributed by atoms with Crippen LogP contribution >= 0.6 is 0 Å². The van der Waals surface area contributed by atoms with Crippen LogP contribution in [0.25, 0.3) is 44.2 Å². The first-order valence-electron chi connectivity index (χ1n) is 17.8. The maximum Gasteiger partial charge on any atom is 0.137 e. The summed E-state index contributed by atoms with van der Waals surface area (Å²) in [6.07, 6.45) is 0. The maximum atomic E-state index is 6.80. The van der Waals surface area contributed by atoms with Crippen LogP contribution in [-0.2, 0) is 5.41 Å². The Kier molecular flexibility index (Phi) is 6.17. The van der Waals surface area contributed by atoms with Crippen LogP contribution in [0.1, 0.15) is 22.3 Å². The summed E-state index contributed by atoms with van der Waals surface area (Å²) >= 11 is 0. The normalized spacial score (nSPS) is 13.3. The molecule has 2 aliphatic rings. The molecule has 9 aromatic rings. The lowest BCUT2D eigenvalue weighted by atomic mass is 9.66. The molecule has 3 heteroatoms. The summed E-state index contributed by atoms with van der Waals surface area (Å²) in [5, 5.41) is 2.20. The van der Waals surface area contributed by atoms with Gasteiger partial charge in [-0.25, -0.2) is 0 Å². The molecule has 8 aromatic carbocycles. The van der Waals surface area contributed by atoms with Crippen LogP contribution < -0.4 is 9.64 Å². The highest BCUT2D eigenvalue weighted by molar-refractivity contribution is 6.09. The average Bonchev–Trinajstić information content (AvgIpc) is 3.71. The van der Waals surface area contributed by atoms with Gasteiger partial charge >= 0.3 is 0 Å². The second-order valence-electron chi connectivity index (χ2n) is 13.7. The molecule has 0 saturated heterocycles. The zero-order valence-electron chi connectivity index (χ0n) is 28.2. The smallest absolute Gasteiger partial charge is 0.137 e. The van der Waals surface area contributed by atoms with Gasteiger partial charge in [-0.15, -0.1) is 0 Å². The third-order valence-electron chi connectivity index (χ3n) is 10.9. The first-order chi connectivity index (χ1) is 25.8. The van der Waals surface area contributed by atoms with Crippen molar-refractivity contribution in [1.29, 1.82) is 0 Å². The van der Waals surface area contributed by atoms with Crippen LogP contribution in [0.2, 0.25) is 0 Å². The van der Waals surface area contributed by atoms with Crippen LogP contribution in [0.3, 0.4) is 0 Å². The number of ether oxygens (including phenoxy) is 1. The molecule has 0 bridgehead atoms. The Morgan fingerprint density at radius 2 is 0.923 bits per heavy atom. The molecular weight excluding hydrogens is 635 g/mol. The molecule has 0 atom stereocenters. The summed E-state index contributed by atoms with van der Waals surface area (Å²) in [5.74, 6) is 1.78. The second kappa shape index (κ2) is 11.1. The number of furan rings is 1. The highest BCUT2D eigenvalue weighted by atomic mass is 16.5. The predicted molar refractivity (Wildman–Crippen MR) is 211 cm³/mol. The van der Waals surface area contributed by atoms with E-state index < -0.39 is 5.41 Å². The van der Waals surface area contributed by atoms with Crippen molar-refractivity contribution in [2.24, 2.45) is 0 Å². The topological polar surface area (TPSA) is 25.6 Å². The predicted octanol–water partition coefficient (Wildman–Crippen LogP) is 13.2. The molecule has 0 N–H and O–H groups in total. The van der Waals surface area contributed by atoms with E-state index in [-0.39, 0.29) is 0 Å². The van der Waals surface area contributed by atoms with E-state index in [1.54, 1.807) is 0 Å². The van der Waals surface area contributed by atoms with Crippen LogP contribution in [-0.4, -0.2) is 0 Å². The van der Waals surface area contributed by atoms with Gasteiger partial charge in [0.25, 0.3) is 0 Å². The molecule has 0 amide bonds. The van der Waals surface area contributed by atoms with E-state index in [2.05, 4.69) is 193 Å². The van der Waals surface area contributed by atoms with Gasteiger partial charge in [-0.2, -0.15) is 0 Å². The van der Waals surface area contributed by atoms with Crippen LogP contribution in [0.15, 0.2) is 192 Å². The van der Waals surface area contributed by atoms with Gasteiger partial charge in [0.05, 0.1) is 5.41 Å². The zero-order valence-corrected chi connectivity index (χ0v) is 28.2. The van der Waals surface area contributed by atoms with Crippen molar-refractivity contribution in [2.75, 3.05) is 4.90 Å².